The Morgan fingerprint density at radius 1 is 1.67 bits per heavy atom. The molecular formula is C8H11FN2O. The van der Waals surface area contributed by atoms with Crippen LogP contribution in [0.4, 0.5) is 10.1 Å². The molecule has 0 bridgehead atoms. The largest absolute Gasteiger partial charge is 0.394 e. The second kappa shape index (κ2) is 3.38. The molecule has 0 spiro atoms. The van der Waals surface area contributed by atoms with Gasteiger partial charge >= 0.3 is 0 Å². The Bertz CT molecular complexity index is 332. The number of nitrogens with two attached hydrogens (primary N) is 1. The highest BCUT2D eigenvalue weighted by Gasteiger charge is 2.01. The summed E-state index contributed by atoms with van der Waals surface area (Å²) in [6.45, 7) is 2.41. The zero-order chi connectivity index (χ0) is 9.14. The van der Waals surface area contributed by atoms with Gasteiger partial charge in [-0.25, -0.2) is 4.39 Å². The SMILES string of the molecule is CCCn1cc(F)cc(N)c1=O. The third kappa shape index (κ3) is 1.64. The van der Waals surface area contributed by atoms with Crippen LogP contribution in [0, 0.1) is 5.82 Å². The molecule has 0 fully saturated rings. The van der Waals surface area contributed by atoms with Crippen LogP contribution in [0.2, 0.25) is 0 Å². The van der Waals surface area contributed by atoms with Crippen molar-refractivity contribution in [1.29, 1.82) is 0 Å². The first-order valence-corrected chi connectivity index (χ1v) is 3.80. The molecule has 66 valence electrons. The van der Waals surface area contributed by atoms with Crippen molar-refractivity contribution in [3.8, 4) is 0 Å². The van der Waals surface area contributed by atoms with Gasteiger partial charge in [0, 0.05) is 18.8 Å². The number of anilines is 1. The van der Waals surface area contributed by atoms with E-state index in [0.29, 0.717) is 6.54 Å². The van der Waals surface area contributed by atoms with Crippen molar-refractivity contribution in [2.24, 2.45) is 0 Å². The first-order valence-electron chi connectivity index (χ1n) is 3.80. The van der Waals surface area contributed by atoms with Crippen molar-refractivity contribution in [3.63, 3.8) is 0 Å². The van der Waals surface area contributed by atoms with Crippen molar-refractivity contribution in [2.45, 2.75) is 19.9 Å². The molecule has 0 aliphatic heterocycles. The highest BCUT2D eigenvalue weighted by molar-refractivity contribution is 5.34. The first-order chi connectivity index (χ1) is 5.65. The molecule has 2 N–H and O–H groups in total. The number of hydrogen-bond acceptors (Lipinski definition) is 2. The van der Waals surface area contributed by atoms with Crippen LogP contribution in [-0.2, 0) is 6.54 Å². The summed E-state index contributed by atoms with van der Waals surface area (Å²) in [7, 11) is 0. The normalized spacial score (nSPS) is 10.2. The van der Waals surface area contributed by atoms with E-state index in [1.54, 1.807) is 0 Å². The van der Waals surface area contributed by atoms with Crippen molar-refractivity contribution in [3.05, 3.63) is 28.4 Å². The number of hydrogen-bond donors (Lipinski definition) is 1. The van der Waals surface area contributed by atoms with Gasteiger partial charge in [0.25, 0.3) is 5.56 Å². The minimum Gasteiger partial charge on any atom is -0.394 e. The zero-order valence-electron chi connectivity index (χ0n) is 6.88. The van der Waals surface area contributed by atoms with Crippen LogP contribution in [0.15, 0.2) is 17.1 Å². The summed E-state index contributed by atoms with van der Waals surface area (Å²) in [5.74, 6) is -0.472. The minimum absolute atomic E-state index is 0.0385. The Kier molecular flexibility index (Phi) is 2.47. The van der Waals surface area contributed by atoms with Gasteiger partial charge < -0.3 is 10.3 Å². The summed E-state index contributed by atoms with van der Waals surface area (Å²) in [6.07, 6.45) is 1.95. The molecular weight excluding hydrogens is 159 g/mol. The second-order valence-corrected chi connectivity index (χ2v) is 2.61. The van der Waals surface area contributed by atoms with Crippen molar-refractivity contribution < 1.29 is 4.39 Å². The summed E-state index contributed by atoms with van der Waals surface area (Å²) < 4.78 is 14.0. The fourth-order valence-corrected chi connectivity index (χ4v) is 1.03. The van der Waals surface area contributed by atoms with Crippen LogP contribution in [0.25, 0.3) is 0 Å². The molecule has 1 aromatic rings. The summed E-state index contributed by atoms with van der Waals surface area (Å²) in [4.78, 5) is 11.2. The van der Waals surface area contributed by atoms with Gasteiger partial charge in [0.05, 0.1) is 0 Å². The predicted molar refractivity (Wildman–Crippen MR) is 45.4 cm³/mol. The molecule has 0 radical (unpaired) electrons. The van der Waals surface area contributed by atoms with Crippen LogP contribution in [0.5, 0.6) is 0 Å². The second-order valence-electron chi connectivity index (χ2n) is 2.61. The van der Waals surface area contributed by atoms with Gasteiger partial charge in [-0.05, 0) is 6.42 Å². The molecule has 0 aromatic carbocycles. The van der Waals surface area contributed by atoms with Gasteiger partial charge in [-0.15, -0.1) is 0 Å². The number of rotatable bonds is 2. The lowest BCUT2D eigenvalue weighted by molar-refractivity contribution is 0.577. The van der Waals surface area contributed by atoms with E-state index in [9.17, 15) is 9.18 Å². The fraction of sp³-hybridized carbons (Fsp3) is 0.375. The summed E-state index contributed by atoms with van der Waals surface area (Å²) in [5, 5.41) is 0. The average molecular weight is 170 g/mol. The van der Waals surface area contributed by atoms with E-state index < -0.39 is 5.82 Å². The molecule has 3 nitrogen and oxygen atoms in total. The van der Waals surface area contributed by atoms with Gasteiger partial charge in [-0.2, -0.15) is 0 Å². The number of nitrogens with zero attached hydrogens (tertiary/aromatic N) is 1. The quantitative estimate of drug-likeness (QED) is 0.719. The number of aromatic nitrogens is 1. The molecule has 12 heavy (non-hydrogen) atoms. The molecule has 1 heterocycles. The molecule has 0 unspecified atom stereocenters. The van der Waals surface area contributed by atoms with Crippen molar-refractivity contribution in [1.82, 2.24) is 4.57 Å². The maximum absolute atomic E-state index is 12.7. The Hall–Kier alpha value is -1.32. The molecule has 0 aliphatic carbocycles. The standard InChI is InChI=1S/C8H11FN2O/c1-2-3-11-5-6(9)4-7(10)8(11)12/h4-5H,2-3,10H2,1H3. The highest BCUT2D eigenvalue weighted by Crippen LogP contribution is 1.99. The summed E-state index contributed by atoms with van der Waals surface area (Å²) >= 11 is 0. The Labute approximate surface area is 69.6 Å². The average Bonchev–Trinajstić information content (AvgIpc) is 2.00. The van der Waals surface area contributed by atoms with Gasteiger partial charge in [0.15, 0.2) is 0 Å². The molecule has 0 saturated carbocycles. The van der Waals surface area contributed by atoms with Crippen LogP contribution < -0.4 is 11.3 Å². The predicted octanol–water partition coefficient (Wildman–Crippen LogP) is 0.980. The molecule has 0 atom stereocenters. The third-order valence-electron chi connectivity index (χ3n) is 1.54. The van der Waals surface area contributed by atoms with E-state index in [-0.39, 0.29) is 11.2 Å². The number of aryl methyl sites for hydroxylation is 1. The van der Waals surface area contributed by atoms with Crippen LogP contribution >= 0.6 is 0 Å². The van der Waals surface area contributed by atoms with E-state index in [4.69, 9.17) is 5.73 Å². The minimum atomic E-state index is -0.472. The molecule has 4 heteroatoms. The van der Waals surface area contributed by atoms with Crippen molar-refractivity contribution >= 4 is 5.69 Å². The Balaban J connectivity index is 3.19. The maximum atomic E-state index is 12.7. The third-order valence-corrected chi connectivity index (χ3v) is 1.54. The Morgan fingerprint density at radius 2 is 2.33 bits per heavy atom. The van der Waals surface area contributed by atoms with Gasteiger partial charge in [0.2, 0.25) is 0 Å². The van der Waals surface area contributed by atoms with E-state index in [1.165, 1.54) is 10.8 Å². The zero-order valence-corrected chi connectivity index (χ0v) is 6.88. The molecule has 1 rings (SSSR count). The van der Waals surface area contributed by atoms with Crippen LogP contribution in [0.1, 0.15) is 13.3 Å². The maximum Gasteiger partial charge on any atom is 0.273 e. The van der Waals surface area contributed by atoms with E-state index >= 15 is 0 Å². The lowest BCUT2D eigenvalue weighted by Crippen LogP contribution is -2.22. The molecule has 0 saturated heterocycles. The van der Waals surface area contributed by atoms with Gasteiger partial charge in [0.1, 0.15) is 11.5 Å². The summed E-state index contributed by atoms with van der Waals surface area (Å²) in [6, 6.07) is 1.04. The Morgan fingerprint density at radius 3 is 2.92 bits per heavy atom. The topological polar surface area (TPSA) is 48.0 Å². The van der Waals surface area contributed by atoms with Crippen LogP contribution in [-0.4, -0.2) is 4.57 Å². The highest BCUT2D eigenvalue weighted by atomic mass is 19.1. The van der Waals surface area contributed by atoms with Crippen LogP contribution in [0.3, 0.4) is 0 Å². The lowest BCUT2D eigenvalue weighted by atomic mass is 10.4. The summed E-state index contributed by atoms with van der Waals surface area (Å²) in [5.41, 5.74) is 4.92. The number of halogens is 1. The molecule has 0 amide bonds. The first kappa shape index (κ1) is 8.77. The lowest BCUT2D eigenvalue weighted by Gasteiger charge is -2.03. The van der Waals surface area contributed by atoms with Gasteiger partial charge in [-0.1, -0.05) is 6.92 Å². The monoisotopic (exact) mass is 170 g/mol. The van der Waals surface area contributed by atoms with E-state index in [0.717, 1.165) is 12.5 Å². The fourth-order valence-electron chi connectivity index (χ4n) is 1.03. The smallest absolute Gasteiger partial charge is 0.273 e. The van der Waals surface area contributed by atoms with E-state index in [2.05, 4.69) is 0 Å². The molecule has 0 aliphatic rings. The number of pyridine rings is 1. The number of nitrogen functional groups attached to an aromatic ring is 1. The van der Waals surface area contributed by atoms with E-state index in [1.807, 2.05) is 6.92 Å². The van der Waals surface area contributed by atoms with Crippen molar-refractivity contribution in [2.75, 3.05) is 5.73 Å². The molecule has 1 aromatic heterocycles. The van der Waals surface area contributed by atoms with Gasteiger partial charge in [-0.3, -0.25) is 4.79 Å².